The lowest BCUT2D eigenvalue weighted by molar-refractivity contribution is 0.463. The van der Waals surface area contributed by atoms with Crippen molar-refractivity contribution in [3.8, 4) is 5.88 Å². The maximum atomic E-state index is 9.32. The average Bonchev–Trinajstić information content (AvgIpc) is 2.44. The molecule has 0 radical (unpaired) electrons. The van der Waals surface area contributed by atoms with Crippen LogP contribution in [0.25, 0.3) is 10.8 Å². The van der Waals surface area contributed by atoms with Crippen LogP contribution in [0.2, 0.25) is 0 Å². The molecule has 0 unspecified atom stereocenters. The lowest BCUT2D eigenvalue weighted by Crippen LogP contribution is -1.61. The topological polar surface area (TPSA) is 72.2 Å². The molecule has 0 spiro atoms. The van der Waals surface area contributed by atoms with Gasteiger partial charge >= 0.3 is 0 Å². The molecule has 0 atom stereocenters. The van der Waals surface area contributed by atoms with Crippen LogP contribution in [0.1, 0.15) is 0 Å². The molecule has 60 valence electrons. The minimum atomic E-state index is 0.0663. The largest absolute Gasteiger partial charge is 0.494 e. The quantitative estimate of drug-likeness (QED) is 0.552. The molecule has 0 saturated carbocycles. The number of nitrogens with one attached hydrogen (secondary N) is 2. The van der Waals surface area contributed by atoms with Crippen molar-refractivity contribution >= 4 is 16.6 Å². The molecule has 2 aromatic rings. The standard InChI is InChI=1S/C8H7N3O/c9-11-7-5-3-1-2-4-6(5)8(12)10-7/h1-4,9-10,12H. The Morgan fingerprint density at radius 1 is 1.25 bits per heavy atom. The van der Waals surface area contributed by atoms with Crippen LogP contribution in [0.5, 0.6) is 5.88 Å². The number of hydrogen-bond donors (Lipinski definition) is 3. The van der Waals surface area contributed by atoms with Gasteiger partial charge in [-0.1, -0.05) is 18.2 Å². The summed E-state index contributed by atoms with van der Waals surface area (Å²) in [5.41, 5.74) is 6.82. The van der Waals surface area contributed by atoms with Gasteiger partial charge in [0.2, 0.25) is 0 Å². The maximum absolute atomic E-state index is 9.32. The zero-order chi connectivity index (χ0) is 8.55. The van der Waals surface area contributed by atoms with E-state index >= 15 is 0 Å². The fraction of sp³-hybridized carbons (Fsp3) is 0. The number of benzene rings is 1. The SMILES string of the molecule is N=Nc1[nH]c(O)c2ccccc12. The number of rotatable bonds is 1. The van der Waals surface area contributed by atoms with Gasteiger partial charge in [0.15, 0.2) is 11.7 Å². The van der Waals surface area contributed by atoms with Crippen LogP contribution in [0.4, 0.5) is 5.82 Å². The van der Waals surface area contributed by atoms with Gasteiger partial charge < -0.3 is 10.1 Å². The highest BCUT2D eigenvalue weighted by Gasteiger charge is 2.06. The monoisotopic (exact) mass is 161 g/mol. The Labute approximate surface area is 68.4 Å². The average molecular weight is 161 g/mol. The highest BCUT2D eigenvalue weighted by Crippen LogP contribution is 2.31. The molecule has 0 saturated heterocycles. The number of aromatic nitrogens is 1. The number of aromatic hydroxyl groups is 1. The molecule has 0 fully saturated rings. The van der Waals surface area contributed by atoms with Gasteiger partial charge in [-0.15, -0.1) is 5.11 Å². The maximum Gasteiger partial charge on any atom is 0.198 e. The molecule has 12 heavy (non-hydrogen) atoms. The van der Waals surface area contributed by atoms with Gasteiger partial charge in [-0.25, -0.2) is 5.53 Å². The van der Waals surface area contributed by atoms with Gasteiger partial charge in [-0.05, 0) is 6.07 Å². The van der Waals surface area contributed by atoms with E-state index in [0.29, 0.717) is 11.2 Å². The van der Waals surface area contributed by atoms with Gasteiger partial charge in [0.1, 0.15) is 0 Å². The normalized spacial score (nSPS) is 10.3. The molecule has 1 heterocycles. The second-order valence-electron chi connectivity index (χ2n) is 2.48. The van der Waals surface area contributed by atoms with Crippen molar-refractivity contribution in [2.45, 2.75) is 0 Å². The third kappa shape index (κ3) is 0.780. The molecular weight excluding hydrogens is 154 g/mol. The van der Waals surface area contributed by atoms with Gasteiger partial charge in [-0.2, -0.15) is 0 Å². The van der Waals surface area contributed by atoms with E-state index in [1.165, 1.54) is 0 Å². The molecular formula is C8H7N3O. The van der Waals surface area contributed by atoms with E-state index in [2.05, 4.69) is 10.1 Å². The molecule has 1 aromatic heterocycles. The van der Waals surface area contributed by atoms with E-state index in [1.54, 1.807) is 12.1 Å². The molecule has 2 rings (SSSR count). The highest BCUT2D eigenvalue weighted by atomic mass is 16.3. The van der Waals surface area contributed by atoms with Crippen molar-refractivity contribution in [2.24, 2.45) is 5.11 Å². The van der Waals surface area contributed by atoms with Crippen LogP contribution in [0.3, 0.4) is 0 Å². The summed E-state index contributed by atoms with van der Waals surface area (Å²) in [5, 5.41) is 14.0. The van der Waals surface area contributed by atoms with E-state index in [-0.39, 0.29) is 5.88 Å². The second kappa shape index (κ2) is 2.34. The van der Waals surface area contributed by atoms with E-state index < -0.39 is 0 Å². The van der Waals surface area contributed by atoms with Gasteiger partial charge in [0.25, 0.3) is 0 Å². The summed E-state index contributed by atoms with van der Waals surface area (Å²) in [6.07, 6.45) is 0. The molecule has 0 amide bonds. The third-order valence-electron chi connectivity index (χ3n) is 1.79. The van der Waals surface area contributed by atoms with Gasteiger partial charge in [-0.3, -0.25) is 0 Å². The van der Waals surface area contributed by atoms with Crippen LogP contribution < -0.4 is 0 Å². The fourth-order valence-electron chi connectivity index (χ4n) is 1.23. The summed E-state index contributed by atoms with van der Waals surface area (Å²) in [7, 11) is 0. The number of aromatic amines is 1. The summed E-state index contributed by atoms with van der Waals surface area (Å²) in [4.78, 5) is 2.60. The first-order chi connectivity index (χ1) is 5.83. The fourth-order valence-corrected chi connectivity index (χ4v) is 1.23. The van der Waals surface area contributed by atoms with Gasteiger partial charge in [0.05, 0.1) is 0 Å². The second-order valence-corrected chi connectivity index (χ2v) is 2.48. The molecule has 1 aromatic carbocycles. The molecule has 0 aliphatic heterocycles. The van der Waals surface area contributed by atoms with E-state index in [0.717, 1.165) is 5.39 Å². The number of nitrogens with zero attached hydrogens (tertiary/aromatic N) is 1. The predicted molar refractivity (Wildman–Crippen MR) is 44.8 cm³/mol. The summed E-state index contributed by atoms with van der Waals surface area (Å²) >= 11 is 0. The summed E-state index contributed by atoms with van der Waals surface area (Å²) in [6.45, 7) is 0. The zero-order valence-electron chi connectivity index (χ0n) is 6.20. The van der Waals surface area contributed by atoms with Crippen LogP contribution in [-0.2, 0) is 0 Å². The zero-order valence-corrected chi connectivity index (χ0v) is 6.20. The predicted octanol–water partition coefficient (Wildman–Crippen LogP) is 2.54. The molecule has 4 heteroatoms. The Hall–Kier alpha value is -1.84. The molecule has 0 bridgehead atoms. The number of fused-ring (bicyclic) bond motifs is 1. The number of hydrogen-bond acceptors (Lipinski definition) is 3. The van der Waals surface area contributed by atoms with Crippen molar-refractivity contribution in [3.63, 3.8) is 0 Å². The van der Waals surface area contributed by atoms with Crippen LogP contribution >= 0.6 is 0 Å². The van der Waals surface area contributed by atoms with E-state index in [9.17, 15) is 5.11 Å². The summed E-state index contributed by atoms with van der Waals surface area (Å²) in [6, 6.07) is 7.24. The Morgan fingerprint density at radius 2 is 1.92 bits per heavy atom. The Kier molecular flexibility index (Phi) is 1.33. The molecule has 0 aliphatic rings. The van der Waals surface area contributed by atoms with E-state index in [4.69, 9.17) is 5.53 Å². The Morgan fingerprint density at radius 3 is 2.58 bits per heavy atom. The first kappa shape index (κ1) is 6.84. The smallest absolute Gasteiger partial charge is 0.198 e. The minimum absolute atomic E-state index is 0.0663. The first-order valence-electron chi connectivity index (χ1n) is 3.50. The number of H-pyrrole nitrogens is 1. The Bertz CT molecular complexity index is 433. The van der Waals surface area contributed by atoms with Crippen molar-refractivity contribution in [1.82, 2.24) is 4.98 Å². The summed E-state index contributed by atoms with van der Waals surface area (Å²) in [5.74, 6) is 0.458. The van der Waals surface area contributed by atoms with Crippen molar-refractivity contribution in [3.05, 3.63) is 24.3 Å². The molecule has 3 N–H and O–H groups in total. The molecule has 4 nitrogen and oxygen atoms in total. The lowest BCUT2D eigenvalue weighted by atomic mass is 10.2. The van der Waals surface area contributed by atoms with Crippen molar-refractivity contribution in [2.75, 3.05) is 0 Å². The highest BCUT2D eigenvalue weighted by molar-refractivity contribution is 5.95. The van der Waals surface area contributed by atoms with Crippen LogP contribution in [0, 0.1) is 5.53 Å². The third-order valence-corrected chi connectivity index (χ3v) is 1.79. The lowest BCUT2D eigenvalue weighted by Gasteiger charge is -1.86. The van der Waals surface area contributed by atoms with Gasteiger partial charge in [0, 0.05) is 10.8 Å². The Balaban J connectivity index is 2.91. The van der Waals surface area contributed by atoms with Crippen LogP contribution in [0.15, 0.2) is 29.4 Å². The molecule has 0 aliphatic carbocycles. The summed E-state index contributed by atoms with van der Waals surface area (Å²) < 4.78 is 0. The van der Waals surface area contributed by atoms with Crippen molar-refractivity contribution < 1.29 is 5.11 Å². The first-order valence-corrected chi connectivity index (χ1v) is 3.50. The van der Waals surface area contributed by atoms with Crippen LogP contribution in [-0.4, -0.2) is 10.1 Å². The van der Waals surface area contributed by atoms with E-state index in [1.807, 2.05) is 12.1 Å². The van der Waals surface area contributed by atoms with Crippen molar-refractivity contribution in [1.29, 1.82) is 5.53 Å². The minimum Gasteiger partial charge on any atom is -0.494 e.